The molecule has 6 heteroatoms. The highest BCUT2D eigenvalue weighted by atomic mass is 32.1. The van der Waals surface area contributed by atoms with Crippen molar-refractivity contribution in [3.8, 4) is 5.75 Å². The number of nitrogens with zero attached hydrogens (tertiary/aromatic N) is 2. The van der Waals surface area contributed by atoms with E-state index in [1.807, 2.05) is 12.1 Å². The van der Waals surface area contributed by atoms with E-state index in [0.717, 1.165) is 24.8 Å². The molecule has 0 radical (unpaired) electrons. The lowest BCUT2D eigenvalue weighted by atomic mass is 10.1. The van der Waals surface area contributed by atoms with Crippen molar-refractivity contribution in [1.29, 1.82) is 0 Å². The summed E-state index contributed by atoms with van der Waals surface area (Å²) < 4.78 is 5.23. The number of nitrogens with one attached hydrogen (secondary N) is 2. The molecule has 0 saturated heterocycles. The smallest absolute Gasteiger partial charge is 0.191 e. The van der Waals surface area contributed by atoms with Crippen molar-refractivity contribution in [2.45, 2.75) is 12.6 Å². The summed E-state index contributed by atoms with van der Waals surface area (Å²) in [5, 5.41) is 11.0. The number of likely N-dealkylation sites (N-methyl/N-ethyl adjacent to an activating group) is 1. The zero-order valence-electron chi connectivity index (χ0n) is 14.7. The summed E-state index contributed by atoms with van der Waals surface area (Å²) in [6.07, 6.45) is 0. The lowest BCUT2D eigenvalue weighted by Gasteiger charge is -2.26. The number of hydrogen-bond donors (Lipinski definition) is 2. The molecule has 2 aromatic rings. The summed E-state index contributed by atoms with van der Waals surface area (Å²) >= 11 is 1.70. The van der Waals surface area contributed by atoms with Crippen molar-refractivity contribution in [2.24, 2.45) is 4.99 Å². The molecule has 2 rings (SSSR count). The minimum absolute atomic E-state index is 0.246. The molecule has 1 heterocycles. The van der Waals surface area contributed by atoms with E-state index in [-0.39, 0.29) is 6.04 Å². The van der Waals surface area contributed by atoms with Crippen LogP contribution in [-0.2, 0) is 6.54 Å². The summed E-state index contributed by atoms with van der Waals surface area (Å²) in [5.74, 6) is 1.68. The first-order chi connectivity index (χ1) is 11.6. The second-order valence-corrected chi connectivity index (χ2v) is 6.47. The summed E-state index contributed by atoms with van der Waals surface area (Å²) in [7, 11) is 7.64. The maximum atomic E-state index is 5.23. The molecular formula is C18H26N4OS. The van der Waals surface area contributed by atoms with Gasteiger partial charge in [0.15, 0.2) is 5.96 Å². The number of hydrogen-bond acceptors (Lipinski definition) is 4. The van der Waals surface area contributed by atoms with Crippen LogP contribution in [0.1, 0.15) is 17.2 Å². The molecule has 1 aromatic heterocycles. The number of thiophene rings is 1. The summed E-state index contributed by atoms with van der Waals surface area (Å²) in [6, 6.07) is 10.6. The van der Waals surface area contributed by atoms with Crippen molar-refractivity contribution in [3.63, 3.8) is 0 Å². The summed E-state index contributed by atoms with van der Waals surface area (Å²) in [5.41, 5.74) is 2.50. The molecule has 1 aromatic carbocycles. The number of benzene rings is 1. The molecule has 0 aliphatic heterocycles. The Morgan fingerprint density at radius 2 is 1.96 bits per heavy atom. The van der Waals surface area contributed by atoms with E-state index < -0.39 is 0 Å². The average Bonchev–Trinajstić information content (AvgIpc) is 3.11. The number of aliphatic imine (C=N–C) groups is 1. The minimum Gasteiger partial charge on any atom is -0.497 e. The predicted molar refractivity (Wildman–Crippen MR) is 102 cm³/mol. The fourth-order valence-electron chi connectivity index (χ4n) is 2.42. The van der Waals surface area contributed by atoms with Crippen LogP contribution in [0.5, 0.6) is 5.75 Å². The third kappa shape index (κ3) is 5.25. The van der Waals surface area contributed by atoms with E-state index in [1.165, 1.54) is 11.1 Å². The standard InChI is InChI=1S/C18H26N4OS/c1-19-18(20-11-14-9-10-24-13-14)21-12-17(22(2)3)15-5-7-16(23-4)8-6-15/h5-10,13,17H,11-12H2,1-4H3,(H2,19,20,21). The Balaban J connectivity index is 1.93. The lowest BCUT2D eigenvalue weighted by Crippen LogP contribution is -2.41. The van der Waals surface area contributed by atoms with Gasteiger partial charge in [0, 0.05) is 20.1 Å². The van der Waals surface area contributed by atoms with Crippen LogP contribution in [-0.4, -0.2) is 45.7 Å². The lowest BCUT2D eigenvalue weighted by molar-refractivity contribution is 0.298. The molecule has 130 valence electrons. The van der Waals surface area contributed by atoms with E-state index in [9.17, 15) is 0 Å². The van der Waals surface area contributed by atoms with Gasteiger partial charge in [-0.05, 0) is 54.2 Å². The van der Waals surface area contributed by atoms with Gasteiger partial charge in [-0.1, -0.05) is 12.1 Å². The molecule has 1 atom stereocenters. The van der Waals surface area contributed by atoms with Crippen LogP contribution in [0.4, 0.5) is 0 Å². The van der Waals surface area contributed by atoms with Gasteiger partial charge >= 0.3 is 0 Å². The number of guanidine groups is 1. The van der Waals surface area contributed by atoms with E-state index in [2.05, 4.69) is 63.6 Å². The topological polar surface area (TPSA) is 48.9 Å². The number of rotatable bonds is 7. The molecule has 0 amide bonds. The van der Waals surface area contributed by atoms with E-state index in [4.69, 9.17) is 4.74 Å². The predicted octanol–water partition coefficient (Wildman–Crippen LogP) is 2.72. The Hall–Kier alpha value is -2.05. The Labute approximate surface area is 148 Å². The molecule has 2 N–H and O–H groups in total. The summed E-state index contributed by atoms with van der Waals surface area (Å²) in [6.45, 7) is 1.54. The minimum atomic E-state index is 0.246. The molecule has 0 aliphatic rings. The quantitative estimate of drug-likeness (QED) is 0.598. The highest BCUT2D eigenvalue weighted by Gasteiger charge is 2.14. The Morgan fingerprint density at radius 1 is 1.21 bits per heavy atom. The van der Waals surface area contributed by atoms with Gasteiger partial charge in [-0.2, -0.15) is 11.3 Å². The Kier molecular flexibility index (Phi) is 7.08. The van der Waals surface area contributed by atoms with Crippen LogP contribution in [0, 0.1) is 0 Å². The molecule has 1 unspecified atom stereocenters. The van der Waals surface area contributed by atoms with Crippen molar-refractivity contribution >= 4 is 17.3 Å². The second-order valence-electron chi connectivity index (χ2n) is 5.69. The van der Waals surface area contributed by atoms with Gasteiger partial charge in [0.2, 0.25) is 0 Å². The van der Waals surface area contributed by atoms with Crippen molar-refractivity contribution in [3.05, 3.63) is 52.2 Å². The molecule has 24 heavy (non-hydrogen) atoms. The van der Waals surface area contributed by atoms with Gasteiger partial charge in [-0.15, -0.1) is 0 Å². The maximum Gasteiger partial charge on any atom is 0.191 e. The van der Waals surface area contributed by atoms with Gasteiger partial charge < -0.3 is 20.3 Å². The van der Waals surface area contributed by atoms with Gasteiger partial charge in [0.25, 0.3) is 0 Å². The van der Waals surface area contributed by atoms with E-state index in [0.29, 0.717) is 0 Å². The van der Waals surface area contributed by atoms with E-state index in [1.54, 1.807) is 25.5 Å². The Morgan fingerprint density at radius 3 is 2.50 bits per heavy atom. The first kappa shape index (κ1) is 18.3. The molecule has 0 spiro atoms. The first-order valence-electron chi connectivity index (χ1n) is 7.90. The fourth-order valence-corrected chi connectivity index (χ4v) is 3.09. The largest absolute Gasteiger partial charge is 0.497 e. The van der Waals surface area contributed by atoms with Crippen LogP contribution >= 0.6 is 11.3 Å². The average molecular weight is 347 g/mol. The van der Waals surface area contributed by atoms with Crippen LogP contribution in [0.3, 0.4) is 0 Å². The Bertz CT molecular complexity index is 623. The van der Waals surface area contributed by atoms with Gasteiger partial charge in [0.1, 0.15) is 5.75 Å². The van der Waals surface area contributed by atoms with E-state index >= 15 is 0 Å². The first-order valence-corrected chi connectivity index (χ1v) is 8.84. The monoisotopic (exact) mass is 346 g/mol. The van der Waals surface area contributed by atoms with Crippen LogP contribution < -0.4 is 15.4 Å². The zero-order valence-corrected chi connectivity index (χ0v) is 15.6. The van der Waals surface area contributed by atoms with Crippen molar-refractivity contribution in [1.82, 2.24) is 15.5 Å². The molecule has 0 aliphatic carbocycles. The van der Waals surface area contributed by atoms with Gasteiger partial charge in [0.05, 0.1) is 13.2 Å². The number of ether oxygens (including phenoxy) is 1. The van der Waals surface area contributed by atoms with Crippen LogP contribution in [0.15, 0.2) is 46.1 Å². The highest BCUT2D eigenvalue weighted by Crippen LogP contribution is 2.20. The molecule has 0 saturated carbocycles. The molecule has 0 fully saturated rings. The zero-order chi connectivity index (χ0) is 17.4. The van der Waals surface area contributed by atoms with Crippen LogP contribution in [0.2, 0.25) is 0 Å². The van der Waals surface area contributed by atoms with Crippen molar-refractivity contribution in [2.75, 3.05) is 34.8 Å². The molecular weight excluding hydrogens is 320 g/mol. The SMILES string of the molecule is CN=C(NCc1ccsc1)NCC(c1ccc(OC)cc1)N(C)C. The highest BCUT2D eigenvalue weighted by molar-refractivity contribution is 7.07. The van der Waals surface area contributed by atoms with Crippen LogP contribution in [0.25, 0.3) is 0 Å². The molecule has 0 bridgehead atoms. The molecule has 5 nitrogen and oxygen atoms in total. The number of methoxy groups -OCH3 is 1. The van der Waals surface area contributed by atoms with Crippen molar-refractivity contribution < 1.29 is 4.74 Å². The second kappa shape index (κ2) is 9.30. The third-order valence-electron chi connectivity index (χ3n) is 3.85. The fraction of sp³-hybridized carbons (Fsp3) is 0.389. The third-order valence-corrected chi connectivity index (χ3v) is 4.58. The van der Waals surface area contributed by atoms with Gasteiger partial charge in [-0.25, -0.2) is 0 Å². The van der Waals surface area contributed by atoms with Gasteiger partial charge in [-0.3, -0.25) is 4.99 Å². The normalized spacial score (nSPS) is 13.0. The maximum absolute atomic E-state index is 5.23. The summed E-state index contributed by atoms with van der Waals surface area (Å²) in [4.78, 5) is 6.49.